The van der Waals surface area contributed by atoms with E-state index < -0.39 is 24.8 Å². The van der Waals surface area contributed by atoms with Gasteiger partial charge in [0.2, 0.25) is 0 Å². The number of nitrogens with zero attached hydrogens (tertiary/aromatic N) is 1. The summed E-state index contributed by atoms with van der Waals surface area (Å²) in [6.45, 7) is -3.41. The molecule has 2 nitrogen and oxygen atoms in total. The Hall–Kier alpha value is -1.11. The number of nitrogens with two attached hydrogens (primary N) is 1. The fraction of sp³-hybridized carbons (Fsp3) is 0.429. The van der Waals surface area contributed by atoms with Crippen LogP contribution >= 0.6 is 0 Å². The summed E-state index contributed by atoms with van der Waals surface area (Å²) in [5.74, 6) is 0. The average molecular weight is 214 g/mol. The van der Waals surface area contributed by atoms with Gasteiger partial charge in [0, 0.05) is 18.9 Å². The zero-order chi connectivity index (χ0) is 10.9. The van der Waals surface area contributed by atoms with E-state index in [0.29, 0.717) is 12.4 Å². The van der Waals surface area contributed by atoms with Crippen LogP contribution in [0.1, 0.15) is 17.7 Å². The molecular formula is C7H7F5N2. The number of rotatable bonds is 2. The van der Waals surface area contributed by atoms with E-state index in [1.807, 2.05) is 0 Å². The van der Waals surface area contributed by atoms with Crippen LogP contribution in [0.3, 0.4) is 0 Å². The molecule has 7 heteroatoms. The first-order valence-corrected chi connectivity index (χ1v) is 3.62. The van der Waals surface area contributed by atoms with Crippen molar-refractivity contribution in [2.24, 2.45) is 5.73 Å². The second-order valence-electron chi connectivity index (χ2n) is 2.62. The first-order valence-electron chi connectivity index (χ1n) is 3.62. The maximum Gasteiger partial charge on any atom is 0.418 e. The highest BCUT2D eigenvalue weighted by atomic mass is 19.4. The van der Waals surface area contributed by atoms with Crippen LogP contribution in [-0.2, 0) is 12.7 Å². The predicted octanol–water partition coefficient (Wildman–Crippen LogP) is 2.36. The molecule has 1 rings (SSSR count). The molecule has 0 spiro atoms. The maximum atomic E-state index is 12.2. The summed E-state index contributed by atoms with van der Waals surface area (Å²) >= 11 is 0. The summed E-state index contributed by atoms with van der Waals surface area (Å²) < 4.78 is 60.9. The van der Waals surface area contributed by atoms with Gasteiger partial charge in [-0.05, 0) is 5.56 Å². The molecule has 0 saturated heterocycles. The first kappa shape index (κ1) is 11.0. The number of aromatic nitrogens is 1. The van der Waals surface area contributed by atoms with Crippen LogP contribution < -0.4 is 5.73 Å². The third-order valence-electron chi connectivity index (χ3n) is 1.68. The lowest BCUT2D eigenvalue weighted by Gasteiger charge is -2.05. The van der Waals surface area contributed by atoms with Gasteiger partial charge in [-0.1, -0.05) is 0 Å². The zero-order valence-electron chi connectivity index (χ0n) is 6.85. The zero-order valence-corrected chi connectivity index (χ0v) is 6.85. The maximum absolute atomic E-state index is 12.2. The number of halogens is 5. The van der Waals surface area contributed by atoms with E-state index in [-0.39, 0.29) is 10.1 Å². The summed E-state index contributed by atoms with van der Waals surface area (Å²) in [5.41, 5.74) is 3.56. The lowest BCUT2D eigenvalue weighted by molar-refractivity contribution is -0.138. The summed E-state index contributed by atoms with van der Waals surface area (Å²) in [4.78, 5) is 0. The van der Waals surface area contributed by atoms with Crippen LogP contribution in [0.4, 0.5) is 22.0 Å². The quantitative estimate of drug-likeness (QED) is 0.752. The lowest BCUT2D eigenvalue weighted by atomic mass is 10.2. The van der Waals surface area contributed by atoms with E-state index in [9.17, 15) is 22.0 Å². The largest absolute Gasteiger partial charge is 0.418 e. The van der Waals surface area contributed by atoms with Gasteiger partial charge in [-0.25, -0.2) is 0 Å². The Balaban J connectivity index is 3.16. The van der Waals surface area contributed by atoms with E-state index in [4.69, 9.17) is 5.73 Å². The highest BCUT2D eigenvalue weighted by Gasteiger charge is 2.35. The normalized spacial score (nSPS) is 12.5. The van der Waals surface area contributed by atoms with Crippen molar-refractivity contribution < 1.29 is 22.0 Å². The number of hydrogen-bond donors (Lipinski definition) is 1. The summed E-state index contributed by atoms with van der Waals surface area (Å²) in [6, 6.07) is 0. The van der Waals surface area contributed by atoms with Crippen LogP contribution in [0.15, 0.2) is 12.4 Å². The Bertz CT molecular complexity index is 314. The van der Waals surface area contributed by atoms with Crippen LogP contribution in [-0.4, -0.2) is 4.57 Å². The highest BCUT2D eigenvalue weighted by Crippen LogP contribution is 2.33. The molecule has 1 aromatic rings. The standard InChI is InChI=1S/C7H7F5N2/c8-6(9)14-2-4(1-13)5(3-14)7(10,11)12/h2-3,6H,1,13H2. The van der Waals surface area contributed by atoms with Crippen LogP contribution in [0.5, 0.6) is 0 Å². The van der Waals surface area contributed by atoms with E-state index in [2.05, 4.69) is 0 Å². The Morgan fingerprint density at radius 1 is 1.29 bits per heavy atom. The minimum Gasteiger partial charge on any atom is -0.326 e. The molecule has 80 valence electrons. The predicted molar refractivity (Wildman–Crippen MR) is 38.6 cm³/mol. The summed E-state index contributed by atoms with van der Waals surface area (Å²) in [6.07, 6.45) is -3.59. The lowest BCUT2D eigenvalue weighted by Crippen LogP contribution is -2.09. The molecule has 0 aliphatic heterocycles. The van der Waals surface area contributed by atoms with Crippen molar-refractivity contribution in [3.05, 3.63) is 23.5 Å². The molecule has 2 N–H and O–H groups in total. The van der Waals surface area contributed by atoms with Crippen LogP contribution in [0.25, 0.3) is 0 Å². The molecule has 0 aliphatic carbocycles. The molecule has 1 heterocycles. The average Bonchev–Trinajstić information content (AvgIpc) is 2.46. The Kier molecular flexibility index (Phi) is 2.79. The van der Waals surface area contributed by atoms with Crippen molar-refractivity contribution in [3.8, 4) is 0 Å². The molecule has 0 saturated carbocycles. The second kappa shape index (κ2) is 3.56. The van der Waals surface area contributed by atoms with Gasteiger partial charge in [0.1, 0.15) is 0 Å². The van der Waals surface area contributed by atoms with Gasteiger partial charge in [-0.15, -0.1) is 0 Å². The van der Waals surface area contributed by atoms with Gasteiger partial charge >= 0.3 is 12.7 Å². The van der Waals surface area contributed by atoms with Crippen molar-refractivity contribution in [3.63, 3.8) is 0 Å². The fourth-order valence-corrected chi connectivity index (χ4v) is 1.05. The Morgan fingerprint density at radius 3 is 2.14 bits per heavy atom. The number of alkyl halides is 5. The van der Waals surface area contributed by atoms with Gasteiger partial charge in [0.25, 0.3) is 0 Å². The molecule has 0 aromatic carbocycles. The molecule has 0 amide bonds. The highest BCUT2D eigenvalue weighted by molar-refractivity contribution is 5.27. The first-order chi connectivity index (χ1) is 6.36. The van der Waals surface area contributed by atoms with Crippen molar-refractivity contribution in [1.29, 1.82) is 0 Å². The minimum absolute atomic E-state index is 0.186. The number of hydrogen-bond acceptors (Lipinski definition) is 1. The third-order valence-corrected chi connectivity index (χ3v) is 1.68. The smallest absolute Gasteiger partial charge is 0.326 e. The molecule has 0 atom stereocenters. The Morgan fingerprint density at radius 2 is 1.86 bits per heavy atom. The van der Waals surface area contributed by atoms with Crippen LogP contribution in [0, 0.1) is 0 Å². The minimum atomic E-state index is -4.64. The van der Waals surface area contributed by atoms with Gasteiger partial charge in [0.15, 0.2) is 0 Å². The Labute approximate surface area is 76.1 Å². The molecular weight excluding hydrogens is 207 g/mol. The van der Waals surface area contributed by atoms with Gasteiger partial charge in [-0.2, -0.15) is 22.0 Å². The van der Waals surface area contributed by atoms with Gasteiger partial charge < -0.3 is 5.73 Å². The van der Waals surface area contributed by atoms with Crippen molar-refractivity contribution in [1.82, 2.24) is 4.57 Å². The SMILES string of the molecule is NCc1cn(C(F)F)cc1C(F)(F)F. The molecule has 0 unspecified atom stereocenters. The van der Waals surface area contributed by atoms with Crippen LogP contribution in [0.2, 0.25) is 0 Å². The molecule has 0 radical (unpaired) electrons. The monoisotopic (exact) mass is 214 g/mol. The molecule has 14 heavy (non-hydrogen) atoms. The van der Waals surface area contributed by atoms with Crippen molar-refractivity contribution in [2.45, 2.75) is 19.3 Å². The van der Waals surface area contributed by atoms with Gasteiger partial charge in [0.05, 0.1) is 5.56 Å². The molecule has 0 aliphatic rings. The molecule has 1 aromatic heterocycles. The van der Waals surface area contributed by atoms with E-state index in [1.54, 1.807) is 0 Å². The fourth-order valence-electron chi connectivity index (χ4n) is 1.05. The van der Waals surface area contributed by atoms with Crippen molar-refractivity contribution >= 4 is 0 Å². The van der Waals surface area contributed by atoms with E-state index >= 15 is 0 Å². The second-order valence-corrected chi connectivity index (χ2v) is 2.62. The van der Waals surface area contributed by atoms with E-state index in [1.165, 1.54) is 0 Å². The van der Waals surface area contributed by atoms with E-state index in [0.717, 1.165) is 0 Å². The molecule has 0 bridgehead atoms. The van der Waals surface area contributed by atoms with Gasteiger partial charge in [-0.3, -0.25) is 4.57 Å². The molecule has 0 fully saturated rings. The van der Waals surface area contributed by atoms with Crippen molar-refractivity contribution in [2.75, 3.05) is 0 Å². The summed E-state index contributed by atoms with van der Waals surface area (Å²) in [5, 5.41) is 0. The topological polar surface area (TPSA) is 30.9 Å². The summed E-state index contributed by atoms with van der Waals surface area (Å²) in [7, 11) is 0. The third kappa shape index (κ3) is 2.03.